The lowest BCUT2D eigenvalue weighted by Crippen LogP contribution is -2.02. The van der Waals surface area contributed by atoms with Crippen molar-refractivity contribution < 1.29 is 4.39 Å². The molecule has 0 aliphatic carbocycles. The summed E-state index contributed by atoms with van der Waals surface area (Å²) in [5.41, 5.74) is 2.36. The first-order chi connectivity index (χ1) is 7.75. The van der Waals surface area contributed by atoms with Crippen LogP contribution in [0.2, 0.25) is 0 Å². The molecule has 82 valence electrons. The monoisotopic (exact) mass is 217 g/mol. The van der Waals surface area contributed by atoms with Crippen LogP contribution in [-0.4, -0.2) is 9.97 Å². The summed E-state index contributed by atoms with van der Waals surface area (Å²) in [4.78, 5) is 8.10. The summed E-state index contributed by atoms with van der Waals surface area (Å²) in [5.74, 6) is -0.190. The van der Waals surface area contributed by atoms with Crippen LogP contribution in [0.3, 0.4) is 0 Å². The predicted molar refractivity (Wildman–Crippen MR) is 60.5 cm³/mol. The Balaban J connectivity index is 2.03. The van der Waals surface area contributed by atoms with E-state index >= 15 is 0 Å². The fraction of sp³-hybridized carbons (Fsp3) is 0.167. The summed E-state index contributed by atoms with van der Waals surface area (Å²) in [5, 5.41) is 3.16. The molecule has 0 aliphatic rings. The Hall–Kier alpha value is -1.97. The van der Waals surface area contributed by atoms with Crippen molar-refractivity contribution >= 4 is 5.69 Å². The molecule has 0 amide bonds. The lowest BCUT2D eigenvalue weighted by molar-refractivity contribution is 0.618. The lowest BCUT2D eigenvalue weighted by atomic mass is 10.2. The van der Waals surface area contributed by atoms with Crippen LogP contribution >= 0.6 is 0 Å². The molecule has 0 unspecified atom stereocenters. The molecule has 0 fully saturated rings. The van der Waals surface area contributed by atoms with Crippen molar-refractivity contribution in [2.75, 3.05) is 5.32 Å². The van der Waals surface area contributed by atoms with Crippen LogP contribution in [0, 0.1) is 12.7 Å². The highest BCUT2D eigenvalue weighted by atomic mass is 19.1. The van der Waals surface area contributed by atoms with Gasteiger partial charge in [-0.25, -0.2) is 4.39 Å². The van der Waals surface area contributed by atoms with Crippen LogP contribution in [0.1, 0.15) is 11.3 Å². The molecule has 0 atom stereocenters. The molecule has 1 heterocycles. The number of aryl methyl sites for hydroxylation is 1. The second-order valence-electron chi connectivity index (χ2n) is 3.51. The Morgan fingerprint density at radius 2 is 2.19 bits per heavy atom. The van der Waals surface area contributed by atoms with Crippen molar-refractivity contribution in [3.8, 4) is 0 Å². The van der Waals surface area contributed by atoms with Gasteiger partial charge in [-0.15, -0.1) is 0 Å². The van der Waals surface area contributed by atoms with Crippen LogP contribution in [0.5, 0.6) is 0 Å². The van der Waals surface area contributed by atoms with E-state index in [9.17, 15) is 4.39 Å². The van der Waals surface area contributed by atoms with Crippen LogP contribution in [0.15, 0.2) is 36.8 Å². The molecule has 3 nitrogen and oxygen atoms in total. The van der Waals surface area contributed by atoms with Crippen molar-refractivity contribution in [2.24, 2.45) is 0 Å². The molecule has 0 saturated carbocycles. The normalized spacial score (nSPS) is 10.1. The largest absolute Gasteiger partial charge is 0.379 e. The summed E-state index contributed by atoms with van der Waals surface area (Å²) >= 11 is 0. The molecule has 2 aromatic rings. The number of rotatable bonds is 3. The third kappa shape index (κ3) is 2.53. The maximum atomic E-state index is 13.0. The van der Waals surface area contributed by atoms with Gasteiger partial charge in [0.15, 0.2) is 0 Å². The van der Waals surface area contributed by atoms with Crippen molar-refractivity contribution in [1.29, 1.82) is 0 Å². The molecule has 0 spiro atoms. The van der Waals surface area contributed by atoms with E-state index in [4.69, 9.17) is 0 Å². The van der Waals surface area contributed by atoms with E-state index in [0.717, 1.165) is 11.4 Å². The smallest absolute Gasteiger partial charge is 0.126 e. The van der Waals surface area contributed by atoms with Gasteiger partial charge >= 0.3 is 0 Å². The third-order valence-electron chi connectivity index (χ3n) is 2.25. The van der Waals surface area contributed by atoms with E-state index in [0.29, 0.717) is 12.1 Å². The number of anilines is 1. The second kappa shape index (κ2) is 4.70. The minimum absolute atomic E-state index is 0.190. The third-order valence-corrected chi connectivity index (χ3v) is 2.25. The van der Waals surface area contributed by atoms with Gasteiger partial charge in [0.05, 0.1) is 18.4 Å². The molecule has 1 N–H and O–H groups in total. The SMILES string of the molecule is Cc1cc(NCc2cnccn2)ccc1F. The van der Waals surface area contributed by atoms with E-state index in [1.807, 2.05) is 0 Å². The van der Waals surface area contributed by atoms with Crippen molar-refractivity contribution in [1.82, 2.24) is 9.97 Å². The molecular formula is C12H12FN3. The molecular weight excluding hydrogens is 205 g/mol. The van der Waals surface area contributed by atoms with Gasteiger partial charge in [0.2, 0.25) is 0 Å². The first-order valence-corrected chi connectivity index (χ1v) is 5.00. The Kier molecular flexibility index (Phi) is 3.10. The molecule has 0 aliphatic heterocycles. The topological polar surface area (TPSA) is 37.8 Å². The average molecular weight is 217 g/mol. The van der Waals surface area contributed by atoms with Gasteiger partial charge in [0.25, 0.3) is 0 Å². The minimum Gasteiger partial charge on any atom is -0.379 e. The lowest BCUT2D eigenvalue weighted by Gasteiger charge is -2.06. The zero-order valence-corrected chi connectivity index (χ0v) is 8.94. The van der Waals surface area contributed by atoms with Gasteiger partial charge < -0.3 is 5.32 Å². The average Bonchev–Trinajstić information content (AvgIpc) is 2.32. The standard InChI is InChI=1S/C12H12FN3/c1-9-6-10(2-3-12(9)13)16-8-11-7-14-4-5-15-11/h2-7,16H,8H2,1H3. The van der Waals surface area contributed by atoms with Crippen LogP contribution < -0.4 is 5.32 Å². The molecule has 0 saturated heterocycles. The fourth-order valence-electron chi connectivity index (χ4n) is 1.37. The summed E-state index contributed by atoms with van der Waals surface area (Å²) in [6.07, 6.45) is 4.97. The maximum Gasteiger partial charge on any atom is 0.126 e. The number of halogens is 1. The van der Waals surface area contributed by atoms with E-state index in [1.165, 1.54) is 6.07 Å². The summed E-state index contributed by atoms with van der Waals surface area (Å²) in [6.45, 7) is 2.32. The Morgan fingerprint density at radius 3 is 2.88 bits per heavy atom. The molecule has 0 bridgehead atoms. The highest BCUT2D eigenvalue weighted by Gasteiger charge is 1.99. The number of hydrogen-bond acceptors (Lipinski definition) is 3. The van der Waals surface area contributed by atoms with Gasteiger partial charge in [-0.1, -0.05) is 0 Å². The highest BCUT2D eigenvalue weighted by Crippen LogP contribution is 2.14. The number of nitrogens with one attached hydrogen (secondary N) is 1. The summed E-state index contributed by atoms with van der Waals surface area (Å²) in [6, 6.07) is 4.93. The molecule has 1 aromatic heterocycles. The summed E-state index contributed by atoms with van der Waals surface area (Å²) < 4.78 is 13.0. The van der Waals surface area contributed by atoms with Crippen molar-refractivity contribution in [3.05, 3.63) is 53.9 Å². The van der Waals surface area contributed by atoms with Gasteiger partial charge in [0.1, 0.15) is 5.82 Å². The fourth-order valence-corrected chi connectivity index (χ4v) is 1.37. The van der Waals surface area contributed by atoms with Gasteiger partial charge in [-0.2, -0.15) is 0 Å². The van der Waals surface area contributed by atoms with E-state index < -0.39 is 0 Å². The predicted octanol–water partition coefficient (Wildman–Crippen LogP) is 2.54. The quantitative estimate of drug-likeness (QED) is 0.858. The summed E-state index contributed by atoms with van der Waals surface area (Å²) in [7, 11) is 0. The number of hydrogen-bond donors (Lipinski definition) is 1. The first-order valence-electron chi connectivity index (χ1n) is 5.00. The molecule has 16 heavy (non-hydrogen) atoms. The molecule has 4 heteroatoms. The van der Waals surface area contributed by atoms with Crippen LogP contribution in [-0.2, 0) is 6.54 Å². The Labute approximate surface area is 93.4 Å². The number of benzene rings is 1. The Bertz CT molecular complexity index is 471. The van der Waals surface area contributed by atoms with Gasteiger partial charge in [-0.05, 0) is 30.7 Å². The van der Waals surface area contributed by atoms with E-state index in [2.05, 4.69) is 15.3 Å². The van der Waals surface area contributed by atoms with Crippen LogP contribution in [0.4, 0.5) is 10.1 Å². The minimum atomic E-state index is -0.190. The van der Waals surface area contributed by atoms with Gasteiger partial charge in [-0.3, -0.25) is 9.97 Å². The zero-order valence-electron chi connectivity index (χ0n) is 8.94. The van der Waals surface area contributed by atoms with Crippen LogP contribution in [0.25, 0.3) is 0 Å². The second-order valence-corrected chi connectivity index (χ2v) is 3.51. The van der Waals surface area contributed by atoms with Gasteiger partial charge in [0, 0.05) is 18.1 Å². The van der Waals surface area contributed by atoms with Crippen molar-refractivity contribution in [3.63, 3.8) is 0 Å². The van der Waals surface area contributed by atoms with Crippen molar-refractivity contribution in [2.45, 2.75) is 13.5 Å². The number of aromatic nitrogens is 2. The first kappa shape index (κ1) is 10.5. The Morgan fingerprint density at radius 1 is 1.31 bits per heavy atom. The number of nitrogens with zero attached hydrogens (tertiary/aromatic N) is 2. The zero-order chi connectivity index (χ0) is 11.4. The maximum absolute atomic E-state index is 13.0. The molecule has 0 radical (unpaired) electrons. The molecule has 2 rings (SSSR count). The molecule has 1 aromatic carbocycles. The highest BCUT2D eigenvalue weighted by molar-refractivity contribution is 5.46. The van der Waals surface area contributed by atoms with E-state index in [1.54, 1.807) is 37.6 Å². The van der Waals surface area contributed by atoms with E-state index in [-0.39, 0.29) is 5.82 Å².